The van der Waals surface area contributed by atoms with Crippen LogP contribution in [0.2, 0.25) is 0 Å². The van der Waals surface area contributed by atoms with E-state index >= 15 is 0 Å². The van der Waals surface area contributed by atoms with Gasteiger partial charge in [0.05, 0.1) is 18.3 Å². The Bertz CT molecular complexity index is 1720. The van der Waals surface area contributed by atoms with Crippen molar-refractivity contribution in [2.45, 2.75) is 129 Å². The van der Waals surface area contributed by atoms with Crippen LogP contribution in [0.25, 0.3) is 32.3 Å². The molecule has 4 aromatic rings. The molecular formula is C44H60N2O6. The van der Waals surface area contributed by atoms with Crippen LogP contribution in [0.3, 0.4) is 0 Å². The average Bonchev–Trinajstić information content (AvgIpc) is 3.13. The Morgan fingerprint density at radius 2 is 1.13 bits per heavy atom. The Kier molecular flexibility index (Phi) is 16.7. The number of hydrogen-bond donors (Lipinski definition) is 4. The SMILES string of the molecule is CCCCCCCCCCCCCCCCNC(=O)C(CCC(C(=O)O)C(CC)C(=O)Nc1ccc2ccc3cccc4ccc1c2c34)CC(=O)O. The summed E-state index contributed by atoms with van der Waals surface area (Å²) in [6.45, 7) is 4.50. The fourth-order valence-corrected chi connectivity index (χ4v) is 7.81. The minimum Gasteiger partial charge on any atom is -0.481 e. The molecule has 2 amide bonds. The van der Waals surface area contributed by atoms with E-state index in [2.05, 4.69) is 41.8 Å². The summed E-state index contributed by atoms with van der Waals surface area (Å²) in [6, 6.07) is 18.1. The van der Waals surface area contributed by atoms with E-state index in [1.54, 1.807) is 6.92 Å². The number of carbonyl (C=O) groups excluding carboxylic acids is 2. The first kappa shape index (κ1) is 40.6. The molecule has 0 bridgehead atoms. The van der Waals surface area contributed by atoms with Crippen LogP contribution in [0.5, 0.6) is 0 Å². The van der Waals surface area contributed by atoms with Crippen LogP contribution in [-0.2, 0) is 19.2 Å². The summed E-state index contributed by atoms with van der Waals surface area (Å²) in [5.74, 6) is -5.81. The Hall–Kier alpha value is -4.20. The molecule has 0 aromatic heterocycles. The first-order valence-electron chi connectivity index (χ1n) is 19.9. The molecule has 0 fully saturated rings. The van der Waals surface area contributed by atoms with E-state index < -0.39 is 35.6 Å². The van der Waals surface area contributed by atoms with E-state index in [9.17, 15) is 29.4 Å². The maximum atomic E-state index is 13.7. The maximum absolute atomic E-state index is 13.7. The second-order valence-electron chi connectivity index (χ2n) is 14.7. The highest BCUT2D eigenvalue weighted by Crippen LogP contribution is 2.38. The highest BCUT2D eigenvalue weighted by Gasteiger charge is 2.34. The molecule has 52 heavy (non-hydrogen) atoms. The molecule has 0 aliphatic heterocycles. The lowest BCUT2D eigenvalue weighted by atomic mass is 9.82. The molecule has 0 saturated heterocycles. The molecule has 8 heteroatoms. The quantitative estimate of drug-likeness (QED) is 0.0378. The Morgan fingerprint density at radius 1 is 0.596 bits per heavy atom. The van der Waals surface area contributed by atoms with E-state index in [1.807, 2.05) is 30.3 Å². The van der Waals surface area contributed by atoms with Gasteiger partial charge in [-0.3, -0.25) is 19.2 Å². The summed E-state index contributed by atoms with van der Waals surface area (Å²) in [5.41, 5.74) is 0.616. The number of aliphatic carboxylic acids is 2. The molecule has 4 rings (SSSR count). The molecule has 0 aliphatic carbocycles. The number of carboxylic acid groups (broad SMARTS) is 2. The first-order chi connectivity index (χ1) is 25.2. The van der Waals surface area contributed by atoms with Gasteiger partial charge in [0.2, 0.25) is 11.8 Å². The summed E-state index contributed by atoms with van der Waals surface area (Å²) in [7, 11) is 0. The predicted octanol–water partition coefficient (Wildman–Crippen LogP) is 10.7. The Labute approximate surface area is 309 Å². The Balaban J connectivity index is 1.25. The molecule has 4 aromatic carbocycles. The van der Waals surface area contributed by atoms with Crippen molar-refractivity contribution in [3.63, 3.8) is 0 Å². The van der Waals surface area contributed by atoms with Gasteiger partial charge in [0.1, 0.15) is 0 Å². The lowest BCUT2D eigenvalue weighted by Gasteiger charge is -2.24. The lowest BCUT2D eigenvalue weighted by molar-refractivity contribution is -0.147. The van der Waals surface area contributed by atoms with Crippen molar-refractivity contribution in [3.8, 4) is 0 Å². The van der Waals surface area contributed by atoms with Crippen LogP contribution in [0, 0.1) is 17.8 Å². The minimum atomic E-state index is -1.13. The normalized spacial score (nSPS) is 13.3. The van der Waals surface area contributed by atoms with Crippen molar-refractivity contribution in [1.82, 2.24) is 5.32 Å². The van der Waals surface area contributed by atoms with E-state index in [-0.39, 0.29) is 31.6 Å². The molecule has 0 radical (unpaired) electrons. The second kappa shape index (κ2) is 21.4. The van der Waals surface area contributed by atoms with Gasteiger partial charge in [0.25, 0.3) is 0 Å². The summed E-state index contributed by atoms with van der Waals surface area (Å²) in [6.07, 6.45) is 17.3. The van der Waals surface area contributed by atoms with Crippen LogP contribution in [0.1, 0.15) is 129 Å². The third-order valence-electron chi connectivity index (χ3n) is 10.8. The topological polar surface area (TPSA) is 133 Å². The number of rotatable bonds is 26. The number of unbranched alkanes of at least 4 members (excludes halogenated alkanes) is 13. The van der Waals surface area contributed by atoms with Gasteiger partial charge in [0.15, 0.2) is 0 Å². The van der Waals surface area contributed by atoms with E-state index in [1.165, 1.54) is 70.6 Å². The molecular weight excluding hydrogens is 652 g/mol. The molecule has 0 saturated carbocycles. The van der Waals surface area contributed by atoms with E-state index in [0.717, 1.165) is 51.6 Å². The van der Waals surface area contributed by atoms with Crippen molar-refractivity contribution in [1.29, 1.82) is 0 Å². The molecule has 0 heterocycles. The smallest absolute Gasteiger partial charge is 0.307 e. The number of carboxylic acids is 2. The number of nitrogens with one attached hydrogen (secondary N) is 2. The third kappa shape index (κ3) is 11.7. The van der Waals surface area contributed by atoms with Crippen LogP contribution in [0.15, 0.2) is 54.6 Å². The van der Waals surface area contributed by atoms with Gasteiger partial charge in [-0.05, 0) is 58.7 Å². The number of anilines is 1. The molecule has 0 aliphatic rings. The summed E-state index contributed by atoms with van der Waals surface area (Å²) in [4.78, 5) is 51.0. The fraction of sp³-hybridized carbons (Fsp3) is 0.545. The summed E-state index contributed by atoms with van der Waals surface area (Å²) < 4.78 is 0. The highest BCUT2D eigenvalue weighted by molar-refractivity contribution is 6.26. The van der Waals surface area contributed by atoms with Gasteiger partial charge in [-0.2, -0.15) is 0 Å². The Morgan fingerprint density at radius 3 is 1.69 bits per heavy atom. The number of benzene rings is 4. The lowest BCUT2D eigenvalue weighted by Crippen LogP contribution is -2.36. The van der Waals surface area contributed by atoms with Crippen molar-refractivity contribution in [2.24, 2.45) is 17.8 Å². The number of hydrogen-bond acceptors (Lipinski definition) is 4. The zero-order chi connectivity index (χ0) is 37.3. The third-order valence-corrected chi connectivity index (χ3v) is 10.8. The van der Waals surface area contributed by atoms with Crippen LogP contribution in [0.4, 0.5) is 5.69 Å². The average molecular weight is 713 g/mol. The molecule has 8 nitrogen and oxygen atoms in total. The van der Waals surface area contributed by atoms with Crippen molar-refractivity contribution < 1.29 is 29.4 Å². The molecule has 4 N–H and O–H groups in total. The largest absolute Gasteiger partial charge is 0.481 e. The van der Waals surface area contributed by atoms with Crippen LogP contribution in [-0.4, -0.2) is 40.5 Å². The van der Waals surface area contributed by atoms with Gasteiger partial charge in [0, 0.05) is 23.5 Å². The molecule has 0 spiro atoms. The minimum absolute atomic E-state index is 0.0178. The van der Waals surface area contributed by atoms with Crippen molar-refractivity contribution in [3.05, 3.63) is 54.6 Å². The standard InChI is InChI=1S/C44H60N2O6/c1-3-5-6-7-8-9-10-11-12-13-14-15-16-17-29-45-42(49)34(30-39(47)48)24-26-36(44(51)52)35(4-2)43(50)46-38-28-25-33-22-21-31-19-18-20-32-23-27-37(38)41(33)40(31)32/h18-23,25,27-28,34-36H,3-17,24,26,29-30H2,1-2H3,(H,45,49)(H,46,50)(H,47,48)(H,51,52). The van der Waals surface area contributed by atoms with E-state index in [0.29, 0.717) is 12.2 Å². The monoisotopic (exact) mass is 712 g/mol. The highest BCUT2D eigenvalue weighted by atomic mass is 16.4. The number of amides is 2. The second-order valence-corrected chi connectivity index (χ2v) is 14.7. The first-order valence-corrected chi connectivity index (χ1v) is 19.9. The molecule has 3 unspecified atom stereocenters. The molecule has 3 atom stereocenters. The van der Waals surface area contributed by atoms with Gasteiger partial charge in [-0.25, -0.2) is 0 Å². The van der Waals surface area contributed by atoms with Crippen LogP contribution >= 0.6 is 0 Å². The van der Waals surface area contributed by atoms with Gasteiger partial charge in [-0.1, -0.05) is 146 Å². The predicted molar refractivity (Wildman–Crippen MR) is 212 cm³/mol. The van der Waals surface area contributed by atoms with Crippen molar-refractivity contribution in [2.75, 3.05) is 11.9 Å². The summed E-state index contributed by atoms with van der Waals surface area (Å²) in [5, 5.41) is 32.0. The van der Waals surface area contributed by atoms with Crippen LogP contribution < -0.4 is 10.6 Å². The zero-order valence-corrected chi connectivity index (χ0v) is 31.4. The maximum Gasteiger partial charge on any atom is 0.307 e. The zero-order valence-electron chi connectivity index (χ0n) is 31.4. The molecule has 282 valence electrons. The van der Waals surface area contributed by atoms with Crippen molar-refractivity contribution >= 4 is 61.8 Å². The van der Waals surface area contributed by atoms with Gasteiger partial charge < -0.3 is 20.8 Å². The fourth-order valence-electron chi connectivity index (χ4n) is 7.81. The van der Waals surface area contributed by atoms with Gasteiger partial charge >= 0.3 is 11.9 Å². The number of carbonyl (C=O) groups is 4. The van der Waals surface area contributed by atoms with Gasteiger partial charge in [-0.15, -0.1) is 0 Å². The summed E-state index contributed by atoms with van der Waals surface area (Å²) >= 11 is 0. The van der Waals surface area contributed by atoms with E-state index in [4.69, 9.17) is 0 Å².